The summed E-state index contributed by atoms with van der Waals surface area (Å²) in [6.07, 6.45) is -3.65. The van der Waals surface area contributed by atoms with Crippen LogP contribution in [0.25, 0.3) is 33.9 Å². The SMILES string of the molecule is NCCOCCOCCCC(=O)c1ccc(Cn2c(-c3cccc(C(F)(F)F)c3)nc(-c3ccccc3Cl)c2-c2ccccc2Cl)cc1. The molecule has 6 nitrogen and oxygen atoms in total. The number of hydrogen-bond acceptors (Lipinski definition) is 5. The van der Waals surface area contributed by atoms with E-state index in [-0.39, 0.29) is 17.9 Å². The monoisotopic (exact) mass is 695 g/mol. The van der Waals surface area contributed by atoms with E-state index in [2.05, 4.69) is 0 Å². The molecule has 1 aromatic heterocycles. The first kappa shape index (κ1) is 35.3. The van der Waals surface area contributed by atoms with Gasteiger partial charge in [-0.1, -0.05) is 96.0 Å². The van der Waals surface area contributed by atoms with Crippen molar-refractivity contribution in [2.24, 2.45) is 5.73 Å². The van der Waals surface area contributed by atoms with Crippen molar-refractivity contribution in [2.45, 2.75) is 25.6 Å². The van der Waals surface area contributed by atoms with Crippen LogP contribution in [0.5, 0.6) is 0 Å². The first-order valence-corrected chi connectivity index (χ1v) is 16.2. The van der Waals surface area contributed by atoms with Crippen molar-refractivity contribution >= 4 is 29.0 Å². The summed E-state index contributed by atoms with van der Waals surface area (Å²) < 4.78 is 54.1. The Balaban J connectivity index is 1.50. The van der Waals surface area contributed by atoms with Crippen molar-refractivity contribution < 1.29 is 27.4 Å². The van der Waals surface area contributed by atoms with Gasteiger partial charge < -0.3 is 19.8 Å². The molecule has 0 aliphatic rings. The van der Waals surface area contributed by atoms with E-state index in [0.717, 1.165) is 17.7 Å². The molecule has 0 radical (unpaired) electrons. The van der Waals surface area contributed by atoms with Gasteiger partial charge in [-0.2, -0.15) is 13.2 Å². The number of nitrogens with two attached hydrogens (primary N) is 1. The van der Waals surface area contributed by atoms with Crippen molar-refractivity contribution in [1.82, 2.24) is 9.55 Å². The van der Waals surface area contributed by atoms with Crippen molar-refractivity contribution in [2.75, 3.05) is 33.0 Å². The zero-order valence-electron chi connectivity index (χ0n) is 26.0. The highest BCUT2D eigenvalue weighted by Gasteiger charge is 2.31. The number of alkyl halides is 3. The summed E-state index contributed by atoms with van der Waals surface area (Å²) in [5.74, 6) is 0.286. The van der Waals surface area contributed by atoms with Crippen molar-refractivity contribution in [3.05, 3.63) is 124 Å². The summed E-state index contributed by atoms with van der Waals surface area (Å²) in [5.41, 5.74) is 8.54. The molecule has 0 spiro atoms. The molecule has 1 heterocycles. The molecule has 0 amide bonds. The Morgan fingerprint density at radius 3 is 2.08 bits per heavy atom. The molecule has 0 saturated carbocycles. The molecule has 2 N–H and O–H groups in total. The minimum Gasteiger partial charge on any atom is -0.379 e. The van der Waals surface area contributed by atoms with Gasteiger partial charge in [0.15, 0.2) is 5.78 Å². The van der Waals surface area contributed by atoms with Gasteiger partial charge in [0, 0.05) is 53.4 Å². The fourth-order valence-electron chi connectivity index (χ4n) is 5.29. The van der Waals surface area contributed by atoms with E-state index >= 15 is 0 Å². The van der Waals surface area contributed by atoms with E-state index in [9.17, 15) is 18.0 Å². The van der Waals surface area contributed by atoms with Gasteiger partial charge in [-0.25, -0.2) is 4.98 Å². The second-order valence-corrected chi connectivity index (χ2v) is 11.8. The molecule has 0 fully saturated rings. The number of imidazole rings is 1. The summed E-state index contributed by atoms with van der Waals surface area (Å²) in [4.78, 5) is 17.8. The number of Topliss-reactive ketones (excluding diaryl/α,β-unsaturated/α-hetero) is 1. The van der Waals surface area contributed by atoms with Crippen molar-refractivity contribution in [3.63, 3.8) is 0 Å². The molecule has 0 unspecified atom stereocenters. The molecule has 5 rings (SSSR count). The Kier molecular flexibility index (Phi) is 12.1. The number of halogens is 5. The van der Waals surface area contributed by atoms with Crippen LogP contribution in [0.15, 0.2) is 97.1 Å². The second kappa shape index (κ2) is 16.4. The zero-order chi connectivity index (χ0) is 34.1. The topological polar surface area (TPSA) is 79.4 Å². The molecule has 5 aromatic rings. The lowest BCUT2D eigenvalue weighted by molar-refractivity contribution is -0.137. The van der Waals surface area contributed by atoms with Gasteiger partial charge in [-0.3, -0.25) is 4.79 Å². The number of ether oxygens (including phenoxy) is 2. The molecule has 4 aromatic carbocycles. The summed E-state index contributed by atoms with van der Waals surface area (Å²) in [7, 11) is 0. The third-order valence-electron chi connectivity index (χ3n) is 7.62. The lowest BCUT2D eigenvalue weighted by Gasteiger charge is -2.16. The third-order valence-corrected chi connectivity index (χ3v) is 8.28. The molecular formula is C37H34Cl2F3N3O3. The Hall–Kier alpha value is -3.99. The van der Waals surface area contributed by atoms with Crippen LogP contribution < -0.4 is 5.73 Å². The van der Waals surface area contributed by atoms with E-state index in [1.165, 1.54) is 6.07 Å². The van der Waals surface area contributed by atoms with Crippen molar-refractivity contribution in [1.29, 1.82) is 0 Å². The van der Waals surface area contributed by atoms with Gasteiger partial charge in [-0.15, -0.1) is 0 Å². The van der Waals surface area contributed by atoms with E-state index in [1.54, 1.807) is 42.5 Å². The largest absolute Gasteiger partial charge is 0.416 e. The van der Waals surface area contributed by atoms with Crippen LogP contribution in [0.2, 0.25) is 10.0 Å². The van der Waals surface area contributed by atoms with E-state index < -0.39 is 11.7 Å². The molecule has 0 saturated heterocycles. The maximum Gasteiger partial charge on any atom is 0.416 e. The number of carbonyl (C=O) groups is 1. The summed E-state index contributed by atoms with van der Waals surface area (Å²) >= 11 is 13.4. The Morgan fingerprint density at radius 2 is 1.44 bits per heavy atom. The minimum absolute atomic E-state index is 0.0189. The number of aromatic nitrogens is 2. The average Bonchev–Trinajstić information content (AvgIpc) is 3.44. The highest BCUT2D eigenvalue weighted by atomic mass is 35.5. The zero-order valence-corrected chi connectivity index (χ0v) is 27.5. The molecule has 0 atom stereocenters. The third kappa shape index (κ3) is 8.72. The van der Waals surface area contributed by atoms with E-state index in [1.807, 2.05) is 41.0 Å². The molecule has 0 bridgehead atoms. The van der Waals surface area contributed by atoms with Gasteiger partial charge in [0.25, 0.3) is 0 Å². The van der Waals surface area contributed by atoms with Gasteiger partial charge in [0.05, 0.1) is 41.8 Å². The Bertz CT molecular complexity index is 1840. The average molecular weight is 697 g/mol. The van der Waals surface area contributed by atoms with Crippen LogP contribution in [-0.2, 0) is 22.2 Å². The number of rotatable bonds is 15. The summed E-state index contributed by atoms with van der Waals surface area (Å²) in [5, 5.41) is 0.870. The van der Waals surface area contributed by atoms with Gasteiger partial charge >= 0.3 is 6.18 Å². The fourth-order valence-corrected chi connectivity index (χ4v) is 5.74. The predicted octanol–water partition coefficient (Wildman–Crippen LogP) is 9.21. The van der Waals surface area contributed by atoms with E-state index in [4.69, 9.17) is 43.4 Å². The quantitative estimate of drug-likeness (QED) is 0.0873. The number of ketones is 1. The molecule has 0 aliphatic carbocycles. The van der Waals surface area contributed by atoms with Gasteiger partial charge in [0.1, 0.15) is 5.82 Å². The second-order valence-electron chi connectivity index (χ2n) is 11.0. The van der Waals surface area contributed by atoms with Crippen molar-refractivity contribution in [3.8, 4) is 33.9 Å². The highest BCUT2D eigenvalue weighted by Crippen LogP contribution is 2.42. The highest BCUT2D eigenvalue weighted by molar-refractivity contribution is 6.34. The molecule has 11 heteroatoms. The van der Waals surface area contributed by atoms with Crippen LogP contribution in [0, 0.1) is 0 Å². The van der Waals surface area contributed by atoms with Crippen LogP contribution in [-0.4, -0.2) is 48.3 Å². The molecular weight excluding hydrogens is 662 g/mol. The molecule has 48 heavy (non-hydrogen) atoms. The van der Waals surface area contributed by atoms with Crippen LogP contribution in [0.1, 0.15) is 34.3 Å². The van der Waals surface area contributed by atoms with Crippen LogP contribution >= 0.6 is 23.2 Å². The fraction of sp³-hybridized carbons (Fsp3) is 0.243. The Morgan fingerprint density at radius 1 is 0.792 bits per heavy atom. The lowest BCUT2D eigenvalue weighted by Crippen LogP contribution is -2.12. The number of benzene rings is 4. The lowest BCUT2D eigenvalue weighted by atomic mass is 10.0. The van der Waals surface area contributed by atoms with Crippen LogP contribution in [0.4, 0.5) is 13.2 Å². The standard InChI is InChI=1S/C37H34Cl2F3N3O3/c38-31-11-3-1-9-29(31)34-35(30-10-2-4-12-32(30)39)45(36(44-34)27-7-5-8-28(23-27)37(40,41)42)24-25-14-16-26(17-15-25)33(46)13-6-19-47-21-22-48-20-18-43/h1-5,7-12,14-17,23H,6,13,18-22,24,43H2. The normalized spacial score (nSPS) is 11.6. The summed E-state index contributed by atoms with van der Waals surface area (Å²) in [6, 6.07) is 26.6. The van der Waals surface area contributed by atoms with Gasteiger partial charge in [0.2, 0.25) is 0 Å². The van der Waals surface area contributed by atoms with Gasteiger partial charge in [-0.05, 0) is 36.2 Å². The number of nitrogens with zero attached hydrogens (tertiary/aromatic N) is 2. The molecule has 250 valence electrons. The smallest absolute Gasteiger partial charge is 0.379 e. The number of carbonyl (C=O) groups excluding carboxylic acids is 1. The first-order valence-electron chi connectivity index (χ1n) is 15.4. The molecule has 0 aliphatic heterocycles. The summed E-state index contributed by atoms with van der Waals surface area (Å²) in [6.45, 7) is 2.49. The van der Waals surface area contributed by atoms with E-state index in [0.29, 0.717) is 89.8 Å². The maximum atomic E-state index is 13.8. The van der Waals surface area contributed by atoms with Crippen LogP contribution in [0.3, 0.4) is 0 Å². The minimum atomic E-state index is -4.54. The predicted molar refractivity (Wildman–Crippen MR) is 183 cm³/mol. The maximum absolute atomic E-state index is 13.8. The number of hydrogen-bond donors (Lipinski definition) is 1. The first-order chi connectivity index (χ1) is 23.2. The Labute approximate surface area is 287 Å².